The molecule has 0 bridgehead atoms. The second-order valence-corrected chi connectivity index (χ2v) is 6.10. The maximum atomic E-state index is 10.5. The molecule has 0 aliphatic heterocycles. The lowest BCUT2D eigenvalue weighted by atomic mass is 9.84. The van der Waals surface area contributed by atoms with Crippen molar-refractivity contribution in [1.29, 1.82) is 0 Å². The van der Waals surface area contributed by atoms with Crippen LogP contribution in [0, 0.1) is 0 Å². The Morgan fingerprint density at radius 3 is 2.87 bits per heavy atom. The van der Waals surface area contributed by atoms with Crippen LogP contribution < -0.4 is 5.32 Å². The number of hydrogen-bond donors (Lipinski definition) is 3. The zero-order chi connectivity index (χ0) is 16.4. The standard InChI is InChI=1S/C17H18N4O2/c1-17(2,9-18-10-22)12-3-4-13-14(8-12)21-16(20-13)11-5-6-19-15(23)7-11/h3-8,10H,9H2,1-2H3,(H,18,22)(H,19,23)(H,20,21). The molecule has 3 N–H and O–H groups in total. The van der Waals surface area contributed by atoms with Gasteiger partial charge in [-0.3, -0.25) is 4.79 Å². The van der Waals surface area contributed by atoms with Crippen LogP contribution in [-0.2, 0) is 10.2 Å². The van der Waals surface area contributed by atoms with E-state index in [2.05, 4.69) is 34.1 Å². The van der Waals surface area contributed by atoms with E-state index in [1.807, 2.05) is 18.2 Å². The Kier molecular flexibility index (Phi) is 3.73. The molecule has 0 saturated heterocycles. The van der Waals surface area contributed by atoms with Crippen molar-refractivity contribution >= 4 is 17.4 Å². The summed E-state index contributed by atoms with van der Waals surface area (Å²) in [5.41, 5.74) is 3.43. The fourth-order valence-electron chi connectivity index (χ4n) is 2.53. The van der Waals surface area contributed by atoms with E-state index in [0.29, 0.717) is 18.8 Å². The Morgan fingerprint density at radius 2 is 2.13 bits per heavy atom. The Balaban J connectivity index is 1.99. The minimum Gasteiger partial charge on any atom is -0.493 e. The molecule has 0 spiro atoms. The van der Waals surface area contributed by atoms with E-state index in [-0.39, 0.29) is 11.3 Å². The number of fused-ring (bicyclic) bond motifs is 1. The van der Waals surface area contributed by atoms with Gasteiger partial charge in [-0.15, -0.1) is 0 Å². The fourth-order valence-corrected chi connectivity index (χ4v) is 2.53. The van der Waals surface area contributed by atoms with Crippen LogP contribution in [0.1, 0.15) is 19.4 Å². The van der Waals surface area contributed by atoms with E-state index in [1.165, 1.54) is 6.20 Å². The number of hydrogen-bond acceptors (Lipinski definition) is 4. The van der Waals surface area contributed by atoms with Gasteiger partial charge in [0.05, 0.1) is 11.0 Å². The first-order valence-electron chi connectivity index (χ1n) is 7.32. The summed E-state index contributed by atoms with van der Waals surface area (Å²) in [6.45, 7) is 4.69. The molecule has 1 aromatic carbocycles. The SMILES string of the molecule is CC(C)(CNC=O)c1ccc2[nH]c(-c3ccnc(O)c3)nc2c1. The first kappa shape index (κ1) is 15.0. The van der Waals surface area contributed by atoms with Gasteiger partial charge in [-0.25, -0.2) is 9.97 Å². The molecule has 6 heteroatoms. The average molecular weight is 310 g/mol. The van der Waals surface area contributed by atoms with Crippen LogP contribution in [0.4, 0.5) is 0 Å². The number of aromatic amines is 1. The minimum atomic E-state index is -0.191. The fraction of sp³-hybridized carbons (Fsp3) is 0.235. The average Bonchev–Trinajstić information content (AvgIpc) is 2.96. The highest BCUT2D eigenvalue weighted by Gasteiger charge is 2.21. The van der Waals surface area contributed by atoms with Crippen molar-refractivity contribution in [3.8, 4) is 17.3 Å². The normalized spacial score (nSPS) is 11.6. The highest BCUT2D eigenvalue weighted by Crippen LogP contribution is 2.27. The van der Waals surface area contributed by atoms with Gasteiger partial charge < -0.3 is 15.4 Å². The number of aromatic nitrogens is 3. The number of pyridine rings is 1. The van der Waals surface area contributed by atoms with E-state index in [0.717, 1.165) is 22.2 Å². The van der Waals surface area contributed by atoms with Crippen LogP contribution in [-0.4, -0.2) is 33.0 Å². The van der Waals surface area contributed by atoms with Gasteiger partial charge in [0.2, 0.25) is 12.3 Å². The predicted octanol–water partition coefficient (Wildman–Crippen LogP) is 2.35. The number of carbonyl (C=O) groups is 1. The molecule has 0 fully saturated rings. The summed E-state index contributed by atoms with van der Waals surface area (Å²) < 4.78 is 0. The summed E-state index contributed by atoms with van der Waals surface area (Å²) in [5, 5.41) is 12.2. The molecule has 1 amide bonds. The number of aromatic hydroxyl groups is 1. The van der Waals surface area contributed by atoms with E-state index in [1.54, 1.807) is 12.1 Å². The van der Waals surface area contributed by atoms with Crippen LogP contribution in [0.3, 0.4) is 0 Å². The van der Waals surface area contributed by atoms with Crippen LogP contribution >= 0.6 is 0 Å². The third-order valence-corrected chi connectivity index (χ3v) is 3.91. The highest BCUT2D eigenvalue weighted by molar-refractivity contribution is 5.80. The van der Waals surface area contributed by atoms with Gasteiger partial charge in [-0.1, -0.05) is 19.9 Å². The van der Waals surface area contributed by atoms with Gasteiger partial charge in [-0.05, 0) is 23.8 Å². The molecule has 118 valence electrons. The molecular formula is C17H18N4O2. The van der Waals surface area contributed by atoms with Crippen LogP contribution in [0.5, 0.6) is 5.88 Å². The van der Waals surface area contributed by atoms with Crippen molar-refractivity contribution in [3.05, 3.63) is 42.1 Å². The number of imidazole rings is 1. The zero-order valence-electron chi connectivity index (χ0n) is 13.0. The lowest BCUT2D eigenvalue weighted by molar-refractivity contribution is -0.109. The molecule has 0 unspecified atom stereocenters. The summed E-state index contributed by atoms with van der Waals surface area (Å²) in [4.78, 5) is 22.1. The molecule has 23 heavy (non-hydrogen) atoms. The summed E-state index contributed by atoms with van der Waals surface area (Å²) in [6.07, 6.45) is 2.25. The van der Waals surface area contributed by atoms with Gasteiger partial charge in [0, 0.05) is 29.8 Å². The van der Waals surface area contributed by atoms with Crippen molar-refractivity contribution in [1.82, 2.24) is 20.3 Å². The summed E-state index contributed by atoms with van der Waals surface area (Å²) in [5.74, 6) is 0.642. The van der Waals surface area contributed by atoms with Crippen molar-refractivity contribution in [2.24, 2.45) is 0 Å². The molecule has 0 atom stereocenters. The first-order chi connectivity index (χ1) is 11.0. The van der Waals surface area contributed by atoms with E-state index in [4.69, 9.17) is 0 Å². The topological polar surface area (TPSA) is 90.9 Å². The summed E-state index contributed by atoms with van der Waals surface area (Å²) >= 11 is 0. The van der Waals surface area contributed by atoms with Crippen LogP contribution in [0.15, 0.2) is 36.5 Å². The van der Waals surface area contributed by atoms with Crippen LogP contribution in [0.25, 0.3) is 22.4 Å². The second-order valence-electron chi connectivity index (χ2n) is 6.10. The highest BCUT2D eigenvalue weighted by atomic mass is 16.3. The number of carbonyl (C=O) groups excluding carboxylic acids is 1. The molecule has 6 nitrogen and oxygen atoms in total. The maximum absolute atomic E-state index is 10.5. The van der Waals surface area contributed by atoms with Crippen molar-refractivity contribution in [3.63, 3.8) is 0 Å². The van der Waals surface area contributed by atoms with E-state index < -0.39 is 0 Å². The monoisotopic (exact) mass is 310 g/mol. The quantitative estimate of drug-likeness (QED) is 0.631. The predicted molar refractivity (Wildman–Crippen MR) is 88.1 cm³/mol. The first-order valence-corrected chi connectivity index (χ1v) is 7.32. The second kappa shape index (κ2) is 5.72. The van der Waals surface area contributed by atoms with Crippen molar-refractivity contribution in [2.75, 3.05) is 6.54 Å². The zero-order valence-corrected chi connectivity index (χ0v) is 13.0. The molecule has 0 aliphatic carbocycles. The number of amides is 1. The largest absolute Gasteiger partial charge is 0.493 e. The molecular weight excluding hydrogens is 292 g/mol. The lowest BCUT2D eigenvalue weighted by Gasteiger charge is -2.24. The number of nitrogens with one attached hydrogen (secondary N) is 2. The Morgan fingerprint density at radius 1 is 1.30 bits per heavy atom. The van der Waals surface area contributed by atoms with Crippen LogP contribution in [0.2, 0.25) is 0 Å². The third-order valence-electron chi connectivity index (χ3n) is 3.91. The van der Waals surface area contributed by atoms with E-state index in [9.17, 15) is 9.90 Å². The maximum Gasteiger partial charge on any atom is 0.211 e. The van der Waals surface area contributed by atoms with E-state index >= 15 is 0 Å². The summed E-state index contributed by atoms with van der Waals surface area (Å²) in [6, 6.07) is 9.38. The third kappa shape index (κ3) is 3.01. The number of nitrogens with zero attached hydrogens (tertiary/aromatic N) is 2. The number of benzene rings is 1. The Hall–Kier alpha value is -2.89. The number of rotatable bonds is 5. The Bertz CT molecular complexity index is 855. The molecule has 2 aromatic heterocycles. The van der Waals surface area contributed by atoms with Gasteiger partial charge in [0.15, 0.2) is 0 Å². The van der Waals surface area contributed by atoms with Crippen molar-refractivity contribution < 1.29 is 9.90 Å². The van der Waals surface area contributed by atoms with Gasteiger partial charge >= 0.3 is 0 Å². The molecule has 2 heterocycles. The minimum absolute atomic E-state index is 0.0373. The molecule has 0 saturated carbocycles. The van der Waals surface area contributed by atoms with Crippen molar-refractivity contribution in [2.45, 2.75) is 19.3 Å². The molecule has 0 aliphatic rings. The molecule has 3 aromatic rings. The molecule has 0 radical (unpaired) electrons. The molecule has 3 rings (SSSR count). The smallest absolute Gasteiger partial charge is 0.211 e. The van der Waals surface area contributed by atoms with Gasteiger partial charge in [0.1, 0.15) is 5.82 Å². The number of H-pyrrole nitrogens is 1. The van der Waals surface area contributed by atoms with Gasteiger partial charge in [0.25, 0.3) is 0 Å². The summed E-state index contributed by atoms with van der Waals surface area (Å²) in [7, 11) is 0. The lowest BCUT2D eigenvalue weighted by Crippen LogP contribution is -2.32. The van der Waals surface area contributed by atoms with Gasteiger partial charge in [-0.2, -0.15) is 0 Å². The Labute approximate surface area is 133 Å².